The summed E-state index contributed by atoms with van der Waals surface area (Å²) in [5, 5.41) is 33.0. The smallest absolute Gasteiger partial charge is 0.338 e. The standard InChI is InChI=1S/C21H19N3O7/c1-3-30-18-11-13(10-17(19(18)25)24(28)29)9-15(12-22)20(26)23-16-7-5-14(6-8-16)21(27)31-4-2/h5-11,25H,3-4H2,1-2H3,(H,23,26)/b15-9+. The Bertz CT molecular complexity index is 1070. The minimum Gasteiger partial charge on any atom is -0.500 e. The summed E-state index contributed by atoms with van der Waals surface area (Å²) in [4.78, 5) is 34.5. The van der Waals surface area contributed by atoms with Crippen LogP contribution in [0.1, 0.15) is 29.8 Å². The number of benzene rings is 2. The molecular formula is C21H19N3O7. The third-order valence-electron chi connectivity index (χ3n) is 3.90. The first kappa shape index (κ1) is 22.9. The van der Waals surface area contributed by atoms with Crippen LogP contribution in [0.5, 0.6) is 11.5 Å². The molecule has 0 aliphatic rings. The van der Waals surface area contributed by atoms with Gasteiger partial charge >= 0.3 is 11.7 Å². The fourth-order valence-electron chi connectivity index (χ4n) is 2.52. The van der Waals surface area contributed by atoms with Gasteiger partial charge in [0, 0.05) is 11.8 Å². The molecule has 0 aliphatic heterocycles. The lowest BCUT2D eigenvalue weighted by Gasteiger charge is -2.08. The number of phenolic OH excluding ortho intramolecular Hbond substituents is 1. The van der Waals surface area contributed by atoms with E-state index in [0.717, 1.165) is 12.1 Å². The number of rotatable bonds is 8. The quantitative estimate of drug-likeness (QED) is 0.215. The van der Waals surface area contributed by atoms with Gasteiger partial charge in [0.2, 0.25) is 5.75 Å². The van der Waals surface area contributed by atoms with E-state index in [1.165, 1.54) is 30.3 Å². The minimum absolute atomic E-state index is 0.123. The van der Waals surface area contributed by atoms with E-state index in [2.05, 4.69) is 5.32 Å². The number of aromatic hydroxyl groups is 1. The predicted molar refractivity (Wildman–Crippen MR) is 111 cm³/mol. The summed E-state index contributed by atoms with van der Waals surface area (Å²) in [5.74, 6) is -2.05. The largest absolute Gasteiger partial charge is 0.500 e. The molecule has 2 aromatic rings. The van der Waals surface area contributed by atoms with Gasteiger partial charge in [-0.3, -0.25) is 14.9 Å². The summed E-state index contributed by atoms with van der Waals surface area (Å²) >= 11 is 0. The van der Waals surface area contributed by atoms with Gasteiger partial charge in [-0.15, -0.1) is 0 Å². The molecule has 0 radical (unpaired) electrons. The number of amides is 1. The molecule has 0 saturated carbocycles. The molecule has 2 N–H and O–H groups in total. The van der Waals surface area contributed by atoms with Gasteiger partial charge in [-0.1, -0.05) is 0 Å². The number of anilines is 1. The van der Waals surface area contributed by atoms with Crippen LogP contribution in [0.4, 0.5) is 11.4 Å². The normalized spacial score (nSPS) is 10.7. The van der Waals surface area contributed by atoms with Crippen LogP contribution in [-0.4, -0.2) is 35.1 Å². The maximum atomic E-state index is 12.5. The Morgan fingerprint density at radius 1 is 1.23 bits per heavy atom. The lowest BCUT2D eigenvalue weighted by atomic mass is 10.1. The Morgan fingerprint density at radius 3 is 2.45 bits per heavy atom. The van der Waals surface area contributed by atoms with Gasteiger partial charge in [0.05, 0.1) is 23.7 Å². The van der Waals surface area contributed by atoms with Crippen LogP contribution in [0.25, 0.3) is 6.08 Å². The third kappa shape index (κ3) is 5.80. The fourth-order valence-corrected chi connectivity index (χ4v) is 2.52. The van der Waals surface area contributed by atoms with E-state index in [9.17, 15) is 30.1 Å². The molecule has 0 unspecified atom stereocenters. The van der Waals surface area contributed by atoms with Crippen molar-refractivity contribution in [2.45, 2.75) is 13.8 Å². The molecule has 0 fully saturated rings. The van der Waals surface area contributed by atoms with E-state index in [4.69, 9.17) is 9.47 Å². The fraction of sp³-hybridized carbons (Fsp3) is 0.190. The molecule has 31 heavy (non-hydrogen) atoms. The highest BCUT2D eigenvalue weighted by molar-refractivity contribution is 6.09. The number of esters is 1. The van der Waals surface area contributed by atoms with Crippen molar-refractivity contribution in [1.82, 2.24) is 0 Å². The lowest BCUT2D eigenvalue weighted by Crippen LogP contribution is -2.13. The number of nitrogens with one attached hydrogen (secondary N) is 1. The molecular weight excluding hydrogens is 406 g/mol. The average Bonchev–Trinajstić information content (AvgIpc) is 2.74. The molecule has 160 valence electrons. The molecule has 0 heterocycles. The number of carbonyl (C=O) groups excluding carboxylic acids is 2. The van der Waals surface area contributed by atoms with Crippen LogP contribution in [0.3, 0.4) is 0 Å². The number of nitrogens with zero attached hydrogens (tertiary/aromatic N) is 2. The van der Waals surface area contributed by atoms with Crippen molar-refractivity contribution in [3.05, 3.63) is 63.2 Å². The SMILES string of the molecule is CCOC(=O)c1ccc(NC(=O)/C(C#N)=C/c2cc(OCC)c(O)c([N+](=O)[O-])c2)cc1. The van der Waals surface area contributed by atoms with Gasteiger partial charge in [-0.25, -0.2) is 4.79 Å². The molecule has 10 heteroatoms. The molecule has 0 atom stereocenters. The summed E-state index contributed by atoms with van der Waals surface area (Å²) in [5.41, 5.74) is -0.208. The number of nitro benzene ring substituents is 1. The second-order valence-corrected chi connectivity index (χ2v) is 6.00. The van der Waals surface area contributed by atoms with Crippen molar-refractivity contribution >= 4 is 29.3 Å². The lowest BCUT2D eigenvalue weighted by molar-refractivity contribution is -0.386. The topological polar surface area (TPSA) is 152 Å². The predicted octanol–water partition coefficient (Wildman–Crippen LogP) is 3.42. The number of hydrogen-bond acceptors (Lipinski definition) is 8. The highest BCUT2D eigenvalue weighted by Gasteiger charge is 2.20. The first-order chi connectivity index (χ1) is 14.8. The average molecular weight is 425 g/mol. The molecule has 0 saturated heterocycles. The van der Waals surface area contributed by atoms with Crippen molar-refractivity contribution < 1.29 is 29.1 Å². The first-order valence-corrected chi connectivity index (χ1v) is 9.15. The van der Waals surface area contributed by atoms with E-state index in [0.29, 0.717) is 11.3 Å². The van der Waals surface area contributed by atoms with E-state index < -0.39 is 28.2 Å². The van der Waals surface area contributed by atoms with Gasteiger partial charge in [-0.05, 0) is 55.8 Å². The number of carbonyl (C=O) groups is 2. The van der Waals surface area contributed by atoms with E-state index in [-0.39, 0.29) is 30.1 Å². The molecule has 2 rings (SSSR count). The summed E-state index contributed by atoms with van der Waals surface area (Å²) in [6.45, 7) is 3.69. The molecule has 2 aromatic carbocycles. The van der Waals surface area contributed by atoms with Crippen molar-refractivity contribution in [2.75, 3.05) is 18.5 Å². The van der Waals surface area contributed by atoms with Crippen LogP contribution < -0.4 is 10.1 Å². The van der Waals surface area contributed by atoms with Crippen LogP contribution in [0.15, 0.2) is 42.0 Å². The number of nitriles is 1. The minimum atomic E-state index is -0.799. The highest BCUT2D eigenvalue weighted by atomic mass is 16.6. The summed E-state index contributed by atoms with van der Waals surface area (Å²) in [6.07, 6.45) is 1.14. The van der Waals surface area contributed by atoms with Crippen LogP contribution in [0, 0.1) is 21.4 Å². The van der Waals surface area contributed by atoms with Crippen molar-refractivity contribution in [2.24, 2.45) is 0 Å². The third-order valence-corrected chi connectivity index (χ3v) is 3.90. The second-order valence-electron chi connectivity index (χ2n) is 6.00. The molecule has 10 nitrogen and oxygen atoms in total. The van der Waals surface area contributed by atoms with Gasteiger partial charge in [0.15, 0.2) is 5.75 Å². The Balaban J connectivity index is 2.29. The maximum absolute atomic E-state index is 12.5. The zero-order valence-corrected chi connectivity index (χ0v) is 16.7. The van der Waals surface area contributed by atoms with Crippen molar-refractivity contribution in [3.63, 3.8) is 0 Å². The maximum Gasteiger partial charge on any atom is 0.338 e. The molecule has 1 amide bonds. The number of nitro groups is 1. The Kier molecular flexibility index (Phi) is 7.68. The van der Waals surface area contributed by atoms with Crippen molar-refractivity contribution in [1.29, 1.82) is 5.26 Å². The van der Waals surface area contributed by atoms with Crippen LogP contribution >= 0.6 is 0 Å². The summed E-state index contributed by atoms with van der Waals surface area (Å²) in [6, 6.07) is 9.90. The highest BCUT2D eigenvalue weighted by Crippen LogP contribution is 2.37. The number of phenols is 1. The summed E-state index contributed by atoms with van der Waals surface area (Å²) < 4.78 is 10.1. The zero-order valence-electron chi connectivity index (χ0n) is 16.7. The Labute approximate surface area is 177 Å². The summed E-state index contributed by atoms with van der Waals surface area (Å²) in [7, 11) is 0. The van der Waals surface area contributed by atoms with E-state index in [1.54, 1.807) is 19.9 Å². The van der Waals surface area contributed by atoms with E-state index in [1.807, 2.05) is 0 Å². The molecule has 0 aromatic heterocycles. The van der Waals surface area contributed by atoms with Gasteiger partial charge < -0.3 is 19.9 Å². The molecule has 0 spiro atoms. The van der Waals surface area contributed by atoms with Crippen LogP contribution in [-0.2, 0) is 9.53 Å². The number of ether oxygens (including phenoxy) is 2. The zero-order chi connectivity index (χ0) is 23.0. The Hall–Kier alpha value is -4.39. The van der Waals surface area contributed by atoms with Gasteiger partial charge in [0.1, 0.15) is 11.6 Å². The molecule has 0 bridgehead atoms. The monoisotopic (exact) mass is 425 g/mol. The van der Waals surface area contributed by atoms with E-state index >= 15 is 0 Å². The van der Waals surface area contributed by atoms with Gasteiger partial charge in [0.25, 0.3) is 5.91 Å². The van der Waals surface area contributed by atoms with Crippen molar-refractivity contribution in [3.8, 4) is 17.6 Å². The van der Waals surface area contributed by atoms with Gasteiger partial charge in [-0.2, -0.15) is 5.26 Å². The Morgan fingerprint density at radius 2 is 1.90 bits per heavy atom. The molecule has 0 aliphatic carbocycles. The van der Waals surface area contributed by atoms with Crippen LogP contribution in [0.2, 0.25) is 0 Å². The number of hydrogen-bond donors (Lipinski definition) is 2. The first-order valence-electron chi connectivity index (χ1n) is 9.15. The second kappa shape index (κ2) is 10.4.